The molecule has 5 heteroatoms. The maximum Gasteiger partial charge on any atom is 0.254 e. The molecule has 1 aromatic heterocycles. The first-order chi connectivity index (χ1) is 8.60. The van der Waals surface area contributed by atoms with Crippen molar-refractivity contribution in [3.8, 4) is 0 Å². The van der Waals surface area contributed by atoms with Gasteiger partial charge in [-0.05, 0) is 33.0 Å². The van der Waals surface area contributed by atoms with Gasteiger partial charge in [0, 0.05) is 19.3 Å². The van der Waals surface area contributed by atoms with E-state index in [9.17, 15) is 4.79 Å². The zero-order chi connectivity index (χ0) is 13.5. The molecule has 0 unspecified atom stereocenters. The molecule has 0 fully saturated rings. The van der Waals surface area contributed by atoms with E-state index in [4.69, 9.17) is 0 Å². The lowest BCUT2D eigenvalue weighted by molar-refractivity contribution is 0.0951. The third-order valence-corrected chi connectivity index (χ3v) is 3.31. The smallest absolute Gasteiger partial charge is 0.254 e. The van der Waals surface area contributed by atoms with Crippen LogP contribution >= 0.6 is 0 Å². The fourth-order valence-corrected chi connectivity index (χ4v) is 1.86. The summed E-state index contributed by atoms with van der Waals surface area (Å²) in [6, 6.07) is 0. The van der Waals surface area contributed by atoms with Gasteiger partial charge in [0.25, 0.3) is 5.91 Å². The maximum absolute atomic E-state index is 11.9. The second-order valence-corrected chi connectivity index (χ2v) is 4.40. The Morgan fingerprint density at radius 1 is 1.44 bits per heavy atom. The highest BCUT2D eigenvalue weighted by molar-refractivity contribution is 5.94. The third kappa shape index (κ3) is 3.84. The van der Waals surface area contributed by atoms with Crippen molar-refractivity contribution in [2.75, 3.05) is 26.2 Å². The number of carbonyl (C=O) groups excluding carboxylic acids is 1. The van der Waals surface area contributed by atoms with Crippen molar-refractivity contribution < 1.29 is 4.79 Å². The van der Waals surface area contributed by atoms with Crippen LogP contribution in [0, 0.1) is 6.92 Å². The van der Waals surface area contributed by atoms with Gasteiger partial charge in [-0.3, -0.25) is 9.48 Å². The Bertz CT molecular complexity index is 382. The van der Waals surface area contributed by atoms with Gasteiger partial charge in [0.05, 0.1) is 11.8 Å². The molecule has 0 radical (unpaired) electrons. The van der Waals surface area contributed by atoms with Gasteiger partial charge in [0.1, 0.15) is 0 Å². The van der Waals surface area contributed by atoms with Crippen LogP contribution in [-0.4, -0.2) is 46.8 Å². The van der Waals surface area contributed by atoms with Crippen molar-refractivity contribution in [3.05, 3.63) is 17.5 Å². The standard InChI is InChI=1S/C13H24N4O/c1-5-17(6-2)9-7-8-14-13(18)12-10-15-16(4)11(12)3/h10H,5-9H2,1-4H3,(H,14,18). The van der Waals surface area contributed by atoms with Gasteiger partial charge in [-0.2, -0.15) is 5.10 Å². The Balaban J connectivity index is 2.32. The Kier molecular flexibility index (Phi) is 5.85. The highest BCUT2D eigenvalue weighted by Crippen LogP contribution is 2.04. The monoisotopic (exact) mass is 252 g/mol. The lowest BCUT2D eigenvalue weighted by Gasteiger charge is -2.17. The van der Waals surface area contributed by atoms with E-state index in [1.54, 1.807) is 10.9 Å². The summed E-state index contributed by atoms with van der Waals surface area (Å²) in [5.74, 6) is -0.0276. The molecule has 5 nitrogen and oxygen atoms in total. The van der Waals surface area contributed by atoms with E-state index in [-0.39, 0.29) is 5.91 Å². The molecular weight excluding hydrogens is 228 g/mol. The van der Waals surface area contributed by atoms with E-state index in [0.717, 1.165) is 31.7 Å². The SMILES string of the molecule is CCN(CC)CCCNC(=O)c1cnn(C)c1C. The minimum atomic E-state index is -0.0276. The molecular formula is C13H24N4O. The summed E-state index contributed by atoms with van der Waals surface area (Å²) < 4.78 is 1.71. The average molecular weight is 252 g/mol. The molecule has 0 saturated carbocycles. The molecule has 1 rings (SSSR count). The first-order valence-corrected chi connectivity index (χ1v) is 6.59. The van der Waals surface area contributed by atoms with Gasteiger partial charge in [0.15, 0.2) is 0 Å². The van der Waals surface area contributed by atoms with Crippen LogP contribution in [0.3, 0.4) is 0 Å². The Labute approximate surface area is 109 Å². The fourth-order valence-electron chi connectivity index (χ4n) is 1.86. The van der Waals surface area contributed by atoms with Gasteiger partial charge in [0.2, 0.25) is 0 Å². The summed E-state index contributed by atoms with van der Waals surface area (Å²) in [6.07, 6.45) is 2.60. The zero-order valence-corrected chi connectivity index (χ0v) is 11.9. The average Bonchev–Trinajstić information content (AvgIpc) is 2.70. The Morgan fingerprint density at radius 3 is 2.61 bits per heavy atom. The molecule has 0 spiro atoms. The number of carbonyl (C=O) groups is 1. The summed E-state index contributed by atoms with van der Waals surface area (Å²) >= 11 is 0. The molecule has 0 aliphatic carbocycles. The van der Waals surface area contributed by atoms with Gasteiger partial charge in [-0.25, -0.2) is 0 Å². The van der Waals surface area contributed by atoms with E-state index in [1.165, 1.54) is 0 Å². The first-order valence-electron chi connectivity index (χ1n) is 6.59. The molecule has 0 bridgehead atoms. The van der Waals surface area contributed by atoms with Crippen LogP contribution in [0.25, 0.3) is 0 Å². The van der Waals surface area contributed by atoms with E-state index >= 15 is 0 Å². The van der Waals surface area contributed by atoms with Crippen LogP contribution in [0.15, 0.2) is 6.20 Å². The van der Waals surface area contributed by atoms with Gasteiger partial charge in [-0.15, -0.1) is 0 Å². The van der Waals surface area contributed by atoms with Crippen LogP contribution < -0.4 is 5.32 Å². The summed E-state index contributed by atoms with van der Waals surface area (Å²) in [5, 5.41) is 7.01. The van der Waals surface area contributed by atoms with Crippen LogP contribution in [0.2, 0.25) is 0 Å². The summed E-state index contributed by atoms with van der Waals surface area (Å²) in [4.78, 5) is 14.2. The van der Waals surface area contributed by atoms with Crippen molar-refractivity contribution in [1.82, 2.24) is 20.0 Å². The van der Waals surface area contributed by atoms with Crippen LogP contribution in [0.1, 0.15) is 36.3 Å². The largest absolute Gasteiger partial charge is 0.352 e. The number of hydrogen-bond donors (Lipinski definition) is 1. The number of nitrogens with zero attached hydrogens (tertiary/aromatic N) is 3. The highest BCUT2D eigenvalue weighted by atomic mass is 16.1. The maximum atomic E-state index is 11.9. The van der Waals surface area contributed by atoms with Crippen molar-refractivity contribution in [2.24, 2.45) is 7.05 Å². The number of hydrogen-bond acceptors (Lipinski definition) is 3. The van der Waals surface area contributed by atoms with Crippen LogP contribution in [0.5, 0.6) is 0 Å². The van der Waals surface area contributed by atoms with Crippen LogP contribution in [0.4, 0.5) is 0 Å². The molecule has 0 aliphatic rings. The third-order valence-electron chi connectivity index (χ3n) is 3.31. The van der Waals surface area contributed by atoms with Crippen LogP contribution in [-0.2, 0) is 7.05 Å². The van der Waals surface area contributed by atoms with Gasteiger partial charge >= 0.3 is 0 Å². The van der Waals surface area contributed by atoms with Gasteiger partial charge < -0.3 is 10.2 Å². The summed E-state index contributed by atoms with van der Waals surface area (Å²) in [7, 11) is 1.84. The number of nitrogens with one attached hydrogen (secondary N) is 1. The van der Waals surface area contributed by atoms with Crippen molar-refractivity contribution in [3.63, 3.8) is 0 Å². The van der Waals surface area contributed by atoms with Gasteiger partial charge in [-0.1, -0.05) is 13.8 Å². The molecule has 1 amide bonds. The molecule has 1 aromatic rings. The van der Waals surface area contributed by atoms with E-state index in [0.29, 0.717) is 12.1 Å². The predicted octanol–water partition coefficient (Wildman–Crippen LogP) is 1.19. The van der Waals surface area contributed by atoms with E-state index < -0.39 is 0 Å². The van der Waals surface area contributed by atoms with Crippen molar-refractivity contribution in [1.29, 1.82) is 0 Å². The van der Waals surface area contributed by atoms with Crippen molar-refractivity contribution >= 4 is 5.91 Å². The number of aryl methyl sites for hydroxylation is 1. The number of rotatable bonds is 7. The lowest BCUT2D eigenvalue weighted by atomic mass is 10.2. The van der Waals surface area contributed by atoms with E-state index in [2.05, 4.69) is 29.2 Å². The lowest BCUT2D eigenvalue weighted by Crippen LogP contribution is -2.30. The number of aromatic nitrogens is 2. The van der Waals surface area contributed by atoms with Crippen molar-refractivity contribution in [2.45, 2.75) is 27.2 Å². The molecule has 0 aliphatic heterocycles. The van der Waals surface area contributed by atoms with E-state index in [1.807, 2.05) is 14.0 Å². The predicted molar refractivity (Wildman–Crippen MR) is 72.7 cm³/mol. The quantitative estimate of drug-likeness (QED) is 0.742. The zero-order valence-electron chi connectivity index (χ0n) is 11.9. The number of amides is 1. The summed E-state index contributed by atoms with van der Waals surface area (Å²) in [6.45, 7) is 10.1. The normalized spacial score (nSPS) is 10.9. The highest BCUT2D eigenvalue weighted by Gasteiger charge is 2.11. The molecule has 1 N–H and O–H groups in total. The molecule has 102 valence electrons. The molecule has 0 saturated heterocycles. The Morgan fingerprint density at radius 2 is 2.11 bits per heavy atom. The second kappa shape index (κ2) is 7.16. The minimum Gasteiger partial charge on any atom is -0.352 e. The second-order valence-electron chi connectivity index (χ2n) is 4.40. The summed E-state index contributed by atoms with van der Waals surface area (Å²) in [5.41, 5.74) is 1.57. The Hall–Kier alpha value is -1.36. The first kappa shape index (κ1) is 14.7. The molecule has 18 heavy (non-hydrogen) atoms. The minimum absolute atomic E-state index is 0.0276. The fraction of sp³-hybridized carbons (Fsp3) is 0.692. The molecule has 0 aromatic carbocycles. The molecule has 0 atom stereocenters. The topological polar surface area (TPSA) is 50.2 Å². The molecule has 1 heterocycles.